The molecule has 0 aliphatic carbocycles. The lowest BCUT2D eigenvalue weighted by Crippen LogP contribution is -2.44. The molecule has 2 atom stereocenters. The largest absolute Gasteiger partial charge is 0.379 e. The molecule has 2 unspecified atom stereocenters. The van der Waals surface area contributed by atoms with E-state index in [0.29, 0.717) is 13.0 Å². The van der Waals surface area contributed by atoms with E-state index in [4.69, 9.17) is 10.5 Å². The van der Waals surface area contributed by atoms with Gasteiger partial charge in [-0.15, -0.1) is 0 Å². The zero-order chi connectivity index (χ0) is 12.3. The lowest BCUT2D eigenvalue weighted by Gasteiger charge is -2.30. The molecule has 0 radical (unpaired) electrons. The van der Waals surface area contributed by atoms with E-state index < -0.39 is 0 Å². The minimum atomic E-state index is -0.0928. The lowest BCUT2D eigenvalue weighted by atomic mass is 9.85. The third kappa shape index (κ3) is 3.46. The van der Waals surface area contributed by atoms with Crippen LogP contribution < -0.4 is 5.73 Å². The van der Waals surface area contributed by atoms with Crippen molar-refractivity contribution in [1.82, 2.24) is 4.90 Å². The van der Waals surface area contributed by atoms with Gasteiger partial charge in [0.1, 0.15) is 0 Å². The topological polar surface area (TPSA) is 55.6 Å². The molecular formula is C12H24N2O2. The number of likely N-dealkylation sites (N-methyl/N-ethyl adjacent to an activating group) is 1. The molecule has 1 rings (SSSR count). The Morgan fingerprint density at radius 2 is 2.19 bits per heavy atom. The Morgan fingerprint density at radius 3 is 2.62 bits per heavy atom. The molecule has 4 nitrogen and oxygen atoms in total. The van der Waals surface area contributed by atoms with Gasteiger partial charge in [-0.05, 0) is 11.8 Å². The fourth-order valence-corrected chi connectivity index (χ4v) is 1.67. The first kappa shape index (κ1) is 13.5. The third-order valence-electron chi connectivity index (χ3n) is 3.35. The highest BCUT2D eigenvalue weighted by molar-refractivity contribution is 5.77. The van der Waals surface area contributed by atoms with Gasteiger partial charge in [-0.3, -0.25) is 4.79 Å². The summed E-state index contributed by atoms with van der Waals surface area (Å²) in [5.74, 6) is 0.123. The molecule has 2 N–H and O–H groups in total. The average molecular weight is 228 g/mol. The first-order chi connectivity index (χ1) is 7.32. The van der Waals surface area contributed by atoms with Crippen LogP contribution in [0.25, 0.3) is 0 Å². The van der Waals surface area contributed by atoms with Crippen molar-refractivity contribution in [3.8, 4) is 0 Å². The van der Waals surface area contributed by atoms with Crippen molar-refractivity contribution in [2.75, 3.05) is 20.3 Å². The van der Waals surface area contributed by atoms with Crippen molar-refractivity contribution in [2.45, 2.75) is 45.7 Å². The number of carbonyl (C=O) groups is 1. The SMILES string of the molecule is CN(C(=O)CC(N)C(C)(C)C)C1CCOC1. The number of nitrogens with zero attached hydrogens (tertiary/aromatic N) is 1. The zero-order valence-electron chi connectivity index (χ0n) is 10.8. The number of nitrogens with two attached hydrogens (primary N) is 1. The molecule has 1 saturated heterocycles. The van der Waals surface area contributed by atoms with E-state index in [9.17, 15) is 4.79 Å². The number of carbonyl (C=O) groups excluding carboxylic acids is 1. The molecule has 1 amide bonds. The van der Waals surface area contributed by atoms with Crippen LogP contribution in [-0.2, 0) is 9.53 Å². The normalized spacial score (nSPS) is 23.2. The van der Waals surface area contributed by atoms with E-state index in [1.165, 1.54) is 0 Å². The first-order valence-corrected chi connectivity index (χ1v) is 5.91. The Balaban J connectivity index is 2.45. The van der Waals surface area contributed by atoms with Crippen LogP contribution in [0.15, 0.2) is 0 Å². The standard InChI is InChI=1S/C12H24N2O2/c1-12(2,3)10(13)7-11(15)14(4)9-5-6-16-8-9/h9-10H,5-8,13H2,1-4H3. The van der Waals surface area contributed by atoms with Gasteiger partial charge in [-0.25, -0.2) is 0 Å². The molecule has 1 aliphatic heterocycles. The highest BCUT2D eigenvalue weighted by Gasteiger charge is 2.28. The van der Waals surface area contributed by atoms with Gasteiger partial charge in [0, 0.05) is 26.1 Å². The second-order valence-electron chi connectivity index (χ2n) is 5.70. The third-order valence-corrected chi connectivity index (χ3v) is 3.35. The van der Waals surface area contributed by atoms with Crippen molar-refractivity contribution in [1.29, 1.82) is 0 Å². The summed E-state index contributed by atoms with van der Waals surface area (Å²) in [5, 5.41) is 0. The van der Waals surface area contributed by atoms with Crippen molar-refractivity contribution < 1.29 is 9.53 Å². The maximum Gasteiger partial charge on any atom is 0.224 e. The van der Waals surface area contributed by atoms with Crippen LogP contribution in [-0.4, -0.2) is 43.2 Å². The number of rotatable bonds is 3. The van der Waals surface area contributed by atoms with Gasteiger partial charge in [0.05, 0.1) is 12.6 Å². The Hall–Kier alpha value is -0.610. The number of ether oxygens (including phenoxy) is 1. The molecule has 1 heterocycles. The maximum atomic E-state index is 12.0. The Labute approximate surface area is 98.1 Å². The van der Waals surface area contributed by atoms with Crippen LogP contribution in [0.4, 0.5) is 0 Å². The van der Waals surface area contributed by atoms with Crippen LogP contribution in [0.2, 0.25) is 0 Å². The van der Waals surface area contributed by atoms with E-state index in [0.717, 1.165) is 13.0 Å². The zero-order valence-corrected chi connectivity index (χ0v) is 10.8. The van der Waals surface area contributed by atoms with Gasteiger partial charge in [-0.1, -0.05) is 20.8 Å². The molecule has 0 bridgehead atoms. The van der Waals surface area contributed by atoms with Crippen LogP contribution in [0.5, 0.6) is 0 Å². The molecule has 0 aromatic carbocycles. The molecule has 0 saturated carbocycles. The van der Waals surface area contributed by atoms with Crippen LogP contribution >= 0.6 is 0 Å². The summed E-state index contributed by atoms with van der Waals surface area (Å²) in [6, 6.07) is 0.143. The van der Waals surface area contributed by atoms with E-state index >= 15 is 0 Å². The fourth-order valence-electron chi connectivity index (χ4n) is 1.67. The smallest absolute Gasteiger partial charge is 0.224 e. The quantitative estimate of drug-likeness (QED) is 0.784. The predicted octanol–water partition coefficient (Wildman–Crippen LogP) is 0.997. The Morgan fingerprint density at radius 1 is 1.56 bits per heavy atom. The second kappa shape index (κ2) is 5.15. The maximum absolute atomic E-state index is 12.0. The number of hydrogen-bond acceptors (Lipinski definition) is 3. The highest BCUT2D eigenvalue weighted by atomic mass is 16.5. The van der Waals surface area contributed by atoms with Crippen LogP contribution in [0.1, 0.15) is 33.6 Å². The summed E-state index contributed by atoms with van der Waals surface area (Å²) in [4.78, 5) is 13.8. The highest BCUT2D eigenvalue weighted by Crippen LogP contribution is 2.21. The Bertz CT molecular complexity index is 242. The molecular weight excluding hydrogens is 204 g/mol. The molecule has 4 heteroatoms. The van der Waals surface area contributed by atoms with E-state index in [1.54, 1.807) is 4.90 Å². The van der Waals surface area contributed by atoms with E-state index in [-0.39, 0.29) is 23.4 Å². The first-order valence-electron chi connectivity index (χ1n) is 5.91. The summed E-state index contributed by atoms with van der Waals surface area (Å²) in [6.07, 6.45) is 1.35. The van der Waals surface area contributed by atoms with Gasteiger partial charge < -0.3 is 15.4 Å². The summed E-state index contributed by atoms with van der Waals surface area (Å²) >= 11 is 0. The minimum Gasteiger partial charge on any atom is -0.379 e. The van der Waals surface area contributed by atoms with Gasteiger partial charge in [0.25, 0.3) is 0 Å². The van der Waals surface area contributed by atoms with E-state index in [2.05, 4.69) is 20.8 Å². The molecule has 0 aromatic rings. The molecule has 1 aliphatic rings. The van der Waals surface area contributed by atoms with Gasteiger partial charge in [-0.2, -0.15) is 0 Å². The fraction of sp³-hybridized carbons (Fsp3) is 0.917. The molecule has 94 valence electrons. The number of amides is 1. The molecule has 0 aromatic heterocycles. The van der Waals surface area contributed by atoms with Gasteiger partial charge in [0.2, 0.25) is 5.91 Å². The second-order valence-corrected chi connectivity index (χ2v) is 5.70. The summed E-state index contributed by atoms with van der Waals surface area (Å²) in [6.45, 7) is 7.59. The predicted molar refractivity (Wildman–Crippen MR) is 64.0 cm³/mol. The summed E-state index contributed by atoms with van der Waals surface area (Å²) in [7, 11) is 1.84. The van der Waals surface area contributed by atoms with Crippen molar-refractivity contribution in [3.63, 3.8) is 0 Å². The van der Waals surface area contributed by atoms with Crippen LogP contribution in [0.3, 0.4) is 0 Å². The minimum absolute atomic E-state index is 0.0251. The van der Waals surface area contributed by atoms with E-state index in [1.807, 2.05) is 7.05 Å². The van der Waals surface area contributed by atoms with Crippen molar-refractivity contribution >= 4 is 5.91 Å². The van der Waals surface area contributed by atoms with Gasteiger partial charge in [0.15, 0.2) is 0 Å². The average Bonchev–Trinajstić information content (AvgIpc) is 2.67. The molecule has 1 fully saturated rings. The van der Waals surface area contributed by atoms with Crippen LogP contribution in [0, 0.1) is 5.41 Å². The lowest BCUT2D eigenvalue weighted by molar-refractivity contribution is -0.132. The molecule has 16 heavy (non-hydrogen) atoms. The summed E-state index contributed by atoms with van der Waals surface area (Å²) < 4.78 is 5.28. The molecule has 0 spiro atoms. The Kier molecular flexibility index (Phi) is 4.33. The summed E-state index contributed by atoms with van der Waals surface area (Å²) in [5.41, 5.74) is 5.98. The van der Waals surface area contributed by atoms with Gasteiger partial charge >= 0.3 is 0 Å². The number of hydrogen-bond donors (Lipinski definition) is 1. The monoisotopic (exact) mass is 228 g/mol. The van der Waals surface area contributed by atoms with Crippen molar-refractivity contribution in [3.05, 3.63) is 0 Å². The van der Waals surface area contributed by atoms with Crippen molar-refractivity contribution in [2.24, 2.45) is 11.1 Å².